The molecule has 1 aromatic carbocycles. The number of rotatable bonds is 7. The van der Waals surface area contributed by atoms with Crippen molar-refractivity contribution in [1.29, 1.82) is 0 Å². The maximum atomic E-state index is 14.1. The normalized spacial score (nSPS) is 22.2. The molecule has 1 unspecified atom stereocenters. The molecule has 1 aromatic rings. The Labute approximate surface area is 183 Å². The number of amides is 3. The van der Waals surface area contributed by atoms with Gasteiger partial charge in [0.2, 0.25) is 0 Å². The molecule has 2 fully saturated rings. The van der Waals surface area contributed by atoms with Gasteiger partial charge in [-0.3, -0.25) is 14.7 Å². The number of piperazine rings is 1. The minimum absolute atomic E-state index is 0.167. The summed E-state index contributed by atoms with van der Waals surface area (Å²) in [6.45, 7) is 10.2. The van der Waals surface area contributed by atoms with Crippen molar-refractivity contribution >= 4 is 23.6 Å². The van der Waals surface area contributed by atoms with Crippen molar-refractivity contribution in [2.45, 2.75) is 39.2 Å². The first-order valence-corrected chi connectivity index (χ1v) is 11.1. The molecule has 0 radical (unpaired) electrons. The van der Waals surface area contributed by atoms with Crippen LogP contribution in [0.2, 0.25) is 0 Å². The standard InChI is InChI=1S/C22H33FN6O2/c1-4-22(3)19(30)29(21(31)26-22)12-8-11-25-20(24-5-2)28-15-13-27(14-16-28)18-10-7-6-9-17(18)23/h6-7,9-10H,4-5,8,11-16H2,1-3H3,(H,24,25)(H,26,31). The summed E-state index contributed by atoms with van der Waals surface area (Å²) in [6, 6.07) is 6.53. The quantitative estimate of drug-likeness (QED) is 0.298. The van der Waals surface area contributed by atoms with Crippen LogP contribution in [0.15, 0.2) is 29.3 Å². The number of carbonyl (C=O) groups excluding carboxylic acids is 2. The number of para-hydroxylation sites is 1. The Morgan fingerprint density at radius 2 is 1.90 bits per heavy atom. The predicted molar refractivity (Wildman–Crippen MR) is 120 cm³/mol. The largest absolute Gasteiger partial charge is 0.366 e. The van der Waals surface area contributed by atoms with Gasteiger partial charge in [0, 0.05) is 45.8 Å². The van der Waals surface area contributed by atoms with Crippen LogP contribution in [0.1, 0.15) is 33.6 Å². The van der Waals surface area contributed by atoms with Crippen molar-refractivity contribution in [1.82, 2.24) is 20.4 Å². The highest BCUT2D eigenvalue weighted by Gasteiger charge is 2.45. The first-order valence-electron chi connectivity index (χ1n) is 11.1. The summed E-state index contributed by atoms with van der Waals surface area (Å²) in [5.41, 5.74) is -0.163. The molecule has 2 N–H and O–H groups in total. The topological polar surface area (TPSA) is 80.3 Å². The maximum Gasteiger partial charge on any atom is 0.325 e. The fraction of sp³-hybridized carbons (Fsp3) is 0.591. The molecule has 9 heteroatoms. The van der Waals surface area contributed by atoms with Gasteiger partial charge in [-0.05, 0) is 38.8 Å². The molecule has 2 aliphatic heterocycles. The Bertz CT molecular complexity index is 824. The first kappa shape index (κ1) is 22.8. The van der Waals surface area contributed by atoms with Crippen LogP contribution in [0.25, 0.3) is 0 Å². The lowest BCUT2D eigenvalue weighted by Crippen LogP contribution is -2.52. The summed E-state index contributed by atoms with van der Waals surface area (Å²) >= 11 is 0. The molecule has 2 saturated heterocycles. The van der Waals surface area contributed by atoms with E-state index in [1.807, 2.05) is 26.0 Å². The van der Waals surface area contributed by atoms with Crippen LogP contribution in [0, 0.1) is 5.82 Å². The summed E-state index contributed by atoms with van der Waals surface area (Å²) in [6.07, 6.45) is 1.17. The molecule has 1 atom stereocenters. The van der Waals surface area contributed by atoms with E-state index < -0.39 is 5.54 Å². The summed E-state index contributed by atoms with van der Waals surface area (Å²) < 4.78 is 14.1. The number of nitrogens with one attached hydrogen (secondary N) is 2. The van der Waals surface area contributed by atoms with E-state index in [9.17, 15) is 14.0 Å². The molecule has 2 aliphatic rings. The lowest BCUT2D eigenvalue weighted by Gasteiger charge is -2.37. The number of urea groups is 1. The van der Waals surface area contributed by atoms with Gasteiger partial charge < -0.3 is 20.4 Å². The molecule has 0 aromatic heterocycles. The number of hydrogen-bond donors (Lipinski definition) is 2. The fourth-order valence-electron chi connectivity index (χ4n) is 3.90. The minimum atomic E-state index is -0.798. The van der Waals surface area contributed by atoms with E-state index in [4.69, 9.17) is 0 Å². The highest BCUT2D eigenvalue weighted by Crippen LogP contribution is 2.21. The maximum absolute atomic E-state index is 14.1. The zero-order valence-corrected chi connectivity index (χ0v) is 18.7. The molecule has 0 bridgehead atoms. The van der Waals surface area contributed by atoms with Crippen molar-refractivity contribution in [2.24, 2.45) is 4.99 Å². The molecular weight excluding hydrogens is 399 g/mol. The van der Waals surface area contributed by atoms with E-state index in [1.165, 1.54) is 11.0 Å². The smallest absolute Gasteiger partial charge is 0.325 e. The van der Waals surface area contributed by atoms with E-state index >= 15 is 0 Å². The first-order chi connectivity index (χ1) is 14.9. The van der Waals surface area contributed by atoms with Crippen LogP contribution in [-0.4, -0.2) is 79.0 Å². The third-order valence-corrected chi connectivity index (χ3v) is 5.96. The Kier molecular flexibility index (Phi) is 7.35. The van der Waals surface area contributed by atoms with E-state index in [-0.39, 0.29) is 17.8 Å². The van der Waals surface area contributed by atoms with Crippen molar-refractivity contribution in [3.63, 3.8) is 0 Å². The molecule has 8 nitrogen and oxygen atoms in total. The zero-order valence-electron chi connectivity index (χ0n) is 18.7. The second-order valence-electron chi connectivity index (χ2n) is 8.09. The average molecular weight is 433 g/mol. The molecule has 3 rings (SSSR count). The van der Waals surface area contributed by atoms with Crippen LogP contribution < -0.4 is 15.5 Å². The number of carbonyl (C=O) groups is 2. The number of benzene rings is 1. The molecule has 31 heavy (non-hydrogen) atoms. The summed E-state index contributed by atoms with van der Waals surface area (Å²) in [7, 11) is 0. The van der Waals surface area contributed by atoms with Crippen molar-refractivity contribution < 1.29 is 14.0 Å². The van der Waals surface area contributed by atoms with Crippen molar-refractivity contribution in [2.75, 3.05) is 50.7 Å². The minimum Gasteiger partial charge on any atom is -0.366 e. The van der Waals surface area contributed by atoms with Crippen molar-refractivity contribution in [3.05, 3.63) is 30.1 Å². The van der Waals surface area contributed by atoms with E-state index in [1.54, 1.807) is 13.0 Å². The van der Waals surface area contributed by atoms with Crippen LogP contribution in [0.5, 0.6) is 0 Å². The summed E-state index contributed by atoms with van der Waals surface area (Å²) in [4.78, 5) is 34.8. The van der Waals surface area contributed by atoms with E-state index in [2.05, 4.69) is 25.4 Å². The molecule has 170 valence electrons. The van der Waals surface area contributed by atoms with Gasteiger partial charge in [0.05, 0.1) is 5.69 Å². The van der Waals surface area contributed by atoms with Crippen LogP contribution >= 0.6 is 0 Å². The van der Waals surface area contributed by atoms with Crippen LogP contribution in [0.4, 0.5) is 14.9 Å². The summed E-state index contributed by atoms with van der Waals surface area (Å²) in [5.74, 6) is 0.447. The van der Waals surface area contributed by atoms with Gasteiger partial charge in [0.15, 0.2) is 5.96 Å². The molecule has 0 saturated carbocycles. The number of aliphatic imine (C=N–C) groups is 1. The number of hydrogen-bond acceptors (Lipinski definition) is 4. The molecular formula is C22H33FN6O2. The van der Waals surface area contributed by atoms with Gasteiger partial charge in [-0.2, -0.15) is 0 Å². The highest BCUT2D eigenvalue weighted by atomic mass is 19.1. The van der Waals surface area contributed by atoms with Gasteiger partial charge in [-0.1, -0.05) is 19.1 Å². The Balaban J connectivity index is 1.52. The third kappa shape index (κ3) is 5.08. The van der Waals surface area contributed by atoms with E-state index in [0.29, 0.717) is 44.7 Å². The van der Waals surface area contributed by atoms with Gasteiger partial charge in [0.25, 0.3) is 5.91 Å². The van der Waals surface area contributed by atoms with Gasteiger partial charge >= 0.3 is 6.03 Å². The number of guanidine groups is 1. The lowest BCUT2D eigenvalue weighted by atomic mass is 9.99. The Morgan fingerprint density at radius 1 is 1.19 bits per heavy atom. The monoisotopic (exact) mass is 432 g/mol. The molecule has 2 heterocycles. The molecule has 3 amide bonds. The number of anilines is 1. The Morgan fingerprint density at radius 3 is 2.52 bits per heavy atom. The Hall–Kier alpha value is -2.84. The average Bonchev–Trinajstić information content (AvgIpc) is 2.99. The number of imide groups is 1. The second-order valence-corrected chi connectivity index (χ2v) is 8.09. The van der Waals surface area contributed by atoms with Gasteiger partial charge in [-0.25, -0.2) is 9.18 Å². The number of nitrogens with zero attached hydrogens (tertiary/aromatic N) is 4. The summed E-state index contributed by atoms with van der Waals surface area (Å²) in [5, 5.41) is 6.08. The number of halogens is 1. The van der Waals surface area contributed by atoms with Crippen LogP contribution in [0.3, 0.4) is 0 Å². The zero-order chi connectivity index (χ0) is 22.4. The lowest BCUT2D eigenvalue weighted by molar-refractivity contribution is -0.130. The fourth-order valence-corrected chi connectivity index (χ4v) is 3.90. The van der Waals surface area contributed by atoms with Crippen molar-refractivity contribution in [3.8, 4) is 0 Å². The van der Waals surface area contributed by atoms with Crippen LogP contribution in [-0.2, 0) is 4.79 Å². The molecule has 0 aliphatic carbocycles. The predicted octanol–water partition coefficient (Wildman–Crippen LogP) is 2.02. The highest BCUT2D eigenvalue weighted by molar-refractivity contribution is 6.06. The van der Waals surface area contributed by atoms with Gasteiger partial charge in [-0.15, -0.1) is 0 Å². The molecule has 0 spiro atoms. The SMILES string of the molecule is CCNC(=NCCCN1C(=O)NC(C)(CC)C1=O)N1CCN(c2ccccc2F)CC1. The van der Waals surface area contributed by atoms with Gasteiger partial charge in [0.1, 0.15) is 11.4 Å². The van der Waals surface area contributed by atoms with E-state index in [0.717, 1.165) is 25.6 Å². The third-order valence-electron chi connectivity index (χ3n) is 5.96. The second kappa shape index (κ2) is 9.98.